The van der Waals surface area contributed by atoms with Crippen LogP contribution in [-0.4, -0.2) is 27.6 Å². The van der Waals surface area contributed by atoms with Gasteiger partial charge >= 0.3 is 0 Å². The Bertz CT molecular complexity index is 996. The van der Waals surface area contributed by atoms with E-state index in [1.165, 1.54) is 29.8 Å². The van der Waals surface area contributed by atoms with Crippen LogP contribution in [0.2, 0.25) is 0 Å². The summed E-state index contributed by atoms with van der Waals surface area (Å²) in [6.45, 7) is 5.65. The van der Waals surface area contributed by atoms with E-state index >= 15 is 0 Å². The number of amides is 1. The summed E-state index contributed by atoms with van der Waals surface area (Å²) in [5.74, 6) is 0.474. The molecule has 0 unspecified atom stereocenters. The molecule has 1 N–H and O–H groups in total. The molecule has 0 aliphatic carbocycles. The van der Waals surface area contributed by atoms with Gasteiger partial charge in [0.15, 0.2) is 5.78 Å². The zero-order valence-electron chi connectivity index (χ0n) is 16.0. The second-order valence-corrected chi connectivity index (χ2v) is 7.45. The van der Waals surface area contributed by atoms with Crippen LogP contribution in [0.5, 0.6) is 0 Å². The van der Waals surface area contributed by atoms with Gasteiger partial charge in [0.2, 0.25) is 11.8 Å². The number of Topliss-reactive ketones (excluding diaryl/α,β-unsaturated/α-hetero) is 1. The molecule has 3 rings (SSSR count). The molecule has 1 amide bonds. The van der Waals surface area contributed by atoms with Gasteiger partial charge in [0.05, 0.1) is 12.2 Å². The molecule has 0 saturated carbocycles. The summed E-state index contributed by atoms with van der Waals surface area (Å²) in [6.07, 6.45) is 0.559. The molecule has 0 spiro atoms. The molecule has 1 aromatic heterocycles. The van der Waals surface area contributed by atoms with Crippen LogP contribution in [0.4, 0.5) is 5.69 Å². The number of ketones is 1. The number of carbonyl (C=O) groups is 2. The van der Waals surface area contributed by atoms with E-state index in [9.17, 15) is 9.59 Å². The van der Waals surface area contributed by atoms with E-state index in [1.54, 1.807) is 24.3 Å². The van der Waals surface area contributed by atoms with Crippen molar-refractivity contribution in [2.24, 2.45) is 0 Å². The van der Waals surface area contributed by atoms with Gasteiger partial charge in [-0.25, -0.2) is 0 Å². The van der Waals surface area contributed by atoms with Crippen molar-refractivity contribution in [1.82, 2.24) is 10.2 Å². The maximum Gasteiger partial charge on any atom is 0.277 e. The lowest BCUT2D eigenvalue weighted by Crippen LogP contribution is -2.14. The van der Waals surface area contributed by atoms with Crippen LogP contribution in [0.3, 0.4) is 0 Å². The SMILES string of the molecule is CC(=O)c1ccc(NC(=O)CSc2nnc(Cc3ccc(C)c(C)c3)o2)cc1. The molecule has 28 heavy (non-hydrogen) atoms. The average molecular weight is 395 g/mol. The van der Waals surface area contributed by atoms with Gasteiger partial charge in [0.25, 0.3) is 5.22 Å². The van der Waals surface area contributed by atoms with Gasteiger partial charge in [0, 0.05) is 11.3 Å². The normalized spacial score (nSPS) is 10.7. The summed E-state index contributed by atoms with van der Waals surface area (Å²) in [5.41, 5.74) is 4.81. The van der Waals surface area contributed by atoms with E-state index in [0.717, 1.165) is 5.56 Å². The Kier molecular flexibility index (Phi) is 6.26. The van der Waals surface area contributed by atoms with Crippen LogP contribution in [0.25, 0.3) is 0 Å². The third-order valence-corrected chi connectivity index (χ3v) is 5.10. The van der Waals surface area contributed by atoms with Gasteiger partial charge < -0.3 is 9.73 Å². The molecule has 0 fully saturated rings. The Morgan fingerprint density at radius 2 is 1.79 bits per heavy atom. The third kappa shape index (κ3) is 5.29. The molecule has 6 nitrogen and oxygen atoms in total. The number of carbonyl (C=O) groups excluding carboxylic acids is 2. The van der Waals surface area contributed by atoms with Crippen molar-refractivity contribution in [3.05, 3.63) is 70.6 Å². The van der Waals surface area contributed by atoms with Crippen LogP contribution in [0.15, 0.2) is 52.1 Å². The second kappa shape index (κ2) is 8.84. The summed E-state index contributed by atoms with van der Waals surface area (Å²) < 4.78 is 5.62. The Balaban J connectivity index is 1.51. The number of aromatic nitrogens is 2. The van der Waals surface area contributed by atoms with E-state index in [1.807, 2.05) is 6.07 Å². The van der Waals surface area contributed by atoms with Crippen molar-refractivity contribution in [1.29, 1.82) is 0 Å². The predicted molar refractivity (Wildman–Crippen MR) is 109 cm³/mol. The molecule has 0 aliphatic rings. The highest BCUT2D eigenvalue weighted by atomic mass is 32.2. The molecule has 0 saturated heterocycles. The third-order valence-electron chi connectivity index (χ3n) is 4.28. The number of nitrogens with one attached hydrogen (secondary N) is 1. The fraction of sp³-hybridized carbons (Fsp3) is 0.238. The molecule has 0 radical (unpaired) electrons. The lowest BCUT2D eigenvalue weighted by molar-refractivity contribution is -0.113. The largest absolute Gasteiger partial charge is 0.416 e. The monoisotopic (exact) mass is 395 g/mol. The van der Waals surface area contributed by atoms with E-state index in [2.05, 4.69) is 41.5 Å². The van der Waals surface area contributed by atoms with Crippen LogP contribution < -0.4 is 5.32 Å². The fourth-order valence-electron chi connectivity index (χ4n) is 2.57. The maximum absolute atomic E-state index is 12.1. The lowest BCUT2D eigenvalue weighted by Gasteiger charge is -2.04. The number of nitrogens with zero attached hydrogens (tertiary/aromatic N) is 2. The Morgan fingerprint density at radius 3 is 2.46 bits per heavy atom. The van der Waals surface area contributed by atoms with Gasteiger partial charge in [-0.15, -0.1) is 10.2 Å². The van der Waals surface area contributed by atoms with Crippen molar-refractivity contribution >= 4 is 29.1 Å². The van der Waals surface area contributed by atoms with Crippen molar-refractivity contribution in [2.75, 3.05) is 11.1 Å². The smallest absolute Gasteiger partial charge is 0.277 e. The highest BCUT2D eigenvalue weighted by Gasteiger charge is 2.11. The molecular weight excluding hydrogens is 374 g/mol. The van der Waals surface area contributed by atoms with Crippen molar-refractivity contribution in [3.63, 3.8) is 0 Å². The molecule has 1 heterocycles. The van der Waals surface area contributed by atoms with Crippen LogP contribution >= 0.6 is 11.8 Å². The number of thioether (sulfide) groups is 1. The Morgan fingerprint density at radius 1 is 1.04 bits per heavy atom. The Hall–Kier alpha value is -2.93. The molecule has 144 valence electrons. The highest BCUT2D eigenvalue weighted by Crippen LogP contribution is 2.19. The summed E-state index contributed by atoms with van der Waals surface area (Å²) >= 11 is 1.19. The summed E-state index contributed by atoms with van der Waals surface area (Å²) in [5, 5.41) is 11.2. The van der Waals surface area contributed by atoms with Gasteiger partial charge in [0.1, 0.15) is 0 Å². The highest BCUT2D eigenvalue weighted by molar-refractivity contribution is 7.99. The molecule has 0 aliphatic heterocycles. The van der Waals surface area contributed by atoms with Gasteiger partial charge in [-0.2, -0.15) is 0 Å². The zero-order chi connectivity index (χ0) is 20.1. The molecular formula is C21H21N3O3S. The minimum Gasteiger partial charge on any atom is -0.416 e. The quantitative estimate of drug-likeness (QED) is 0.476. The van der Waals surface area contributed by atoms with E-state index in [-0.39, 0.29) is 17.4 Å². The number of aryl methyl sites for hydroxylation is 2. The zero-order valence-corrected chi connectivity index (χ0v) is 16.8. The van der Waals surface area contributed by atoms with Gasteiger partial charge in [-0.1, -0.05) is 30.0 Å². The summed E-state index contributed by atoms with van der Waals surface area (Å²) in [4.78, 5) is 23.4. The topological polar surface area (TPSA) is 85.1 Å². The molecule has 7 heteroatoms. The Labute approximate surface area is 167 Å². The minimum absolute atomic E-state index is 0.0126. The van der Waals surface area contributed by atoms with Crippen LogP contribution in [0, 0.1) is 13.8 Å². The van der Waals surface area contributed by atoms with Crippen LogP contribution in [0.1, 0.15) is 39.9 Å². The van der Waals surface area contributed by atoms with Crippen molar-refractivity contribution in [2.45, 2.75) is 32.4 Å². The van der Waals surface area contributed by atoms with Gasteiger partial charge in [-0.05, 0) is 61.7 Å². The summed E-state index contributed by atoms with van der Waals surface area (Å²) in [6, 6.07) is 13.0. The molecule has 0 atom stereocenters. The first-order valence-electron chi connectivity index (χ1n) is 8.83. The van der Waals surface area contributed by atoms with E-state index in [4.69, 9.17) is 4.42 Å². The number of benzene rings is 2. The van der Waals surface area contributed by atoms with Crippen molar-refractivity contribution in [3.8, 4) is 0 Å². The second-order valence-electron chi connectivity index (χ2n) is 6.53. The minimum atomic E-state index is -0.186. The number of anilines is 1. The first kappa shape index (κ1) is 19.8. The van der Waals surface area contributed by atoms with E-state index in [0.29, 0.717) is 28.8 Å². The van der Waals surface area contributed by atoms with Crippen molar-refractivity contribution < 1.29 is 14.0 Å². The predicted octanol–water partition coefficient (Wildman–Crippen LogP) is 4.21. The number of hydrogen-bond donors (Lipinski definition) is 1. The maximum atomic E-state index is 12.1. The average Bonchev–Trinajstić information content (AvgIpc) is 3.11. The molecule has 0 bridgehead atoms. The number of rotatable bonds is 7. The fourth-order valence-corrected chi connectivity index (χ4v) is 3.15. The summed E-state index contributed by atoms with van der Waals surface area (Å²) in [7, 11) is 0. The van der Waals surface area contributed by atoms with Gasteiger partial charge in [-0.3, -0.25) is 9.59 Å². The molecule has 2 aromatic carbocycles. The standard InChI is InChI=1S/C21H21N3O3S/c1-13-4-5-16(10-14(13)2)11-20-23-24-21(27-20)28-12-19(26)22-18-8-6-17(7-9-18)15(3)25/h4-10H,11-12H2,1-3H3,(H,22,26). The van der Waals surface area contributed by atoms with E-state index < -0.39 is 0 Å². The number of hydrogen-bond acceptors (Lipinski definition) is 6. The van der Waals surface area contributed by atoms with Crippen LogP contribution in [-0.2, 0) is 11.2 Å². The first-order valence-corrected chi connectivity index (χ1v) is 9.81. The first-order chi connectivity index (χ1) is 13.4. The lowest BCUT2D eigenvalue weighted by atomic mass is 10.0. The molecule has 3 aromatic rings.